The number of piperidine rings is 1. The van der Waals surface area contributed by atoms with Gasteiger partial charge in [-0.3, -0.25) is 9.79 Å². The molecule has 0 atom stereocenters. The number of guanidine groups is 1. The lowest BCUT2D eigenvalue weighted by atomic mass is 9.97. The van der Waals surface area contributed by atoms with Gasteiger partial charge in [-0.25, -0.2) is 0 Å². The van der Waals surface area contributed by atoms with E-state index in [1.54, 1.807) is 0 Å². The molecule has 6 nitrogen and oxygen atoms in total. The summed E-state index contributed by atoms with van der Waals surface area (Å²) >= 11 is 0. The highest BCUT2D eigenvalue weighted by Gasteiger charge is 2.27. The van der Waals surface area contributed by atoms with Gasteiger partial charge in [0.15, 0.2) is 5.96 Å². The molecule has 1 aliphatic rings. The third kappa shape index (κ3) is 7.95. The number of nitrogens with one attached hydrogen (secondary N) is 1. The first-order valence-electron chi connectivity index (χ1n) is 10.9. The Bertz CT molecular complexity index is 635. The van der Waals surface area contributed by atoms with Gasteiger partial charge in [0.25, 0.3) is 0 Å². The zero-order chi connectivity index (χ0) is 21.1. The van der Waals surface area contributed by atoms with Gasteiger partial charge in [0, 0.05) is 26.2 Å². The summed E-state index contributed by atoms with van der Waals surface area (Å²) in [6.45, 7) is 12.6. The number of ether oxygens (including phenoxy) is 2. The Labute approximate surface area is 175 Å². The molecule has 1 aromatic carbocycles. The molecule has 1 saturated heterocycles. The third-order valence-electron chi connectivity index (χ3n) is 4.92. The van der Waals surface area contributed by atoms with Gasteiger partial charge < -0.3 is 19.7 Å². The van der Waals surface area contributed by atoms with Crippen LogP contribution in [0.1, 0.15) is 46.1 Å². The highest BCUT2D eigenvalue weighted by Crippen LogP contribution is 2.19. The van der Waals surface area contributed by atoms with Crippen molar-refractivity contribution in [2.24, 2.45) is 16.8 Å². The fourth-order valence-corrected chi connectivity index (χ4v) is 3.32. The molecule has 0 unspecified atom stereocenters. The van der Waals surface area contributed by atoms with Gasteiger partial charge in [-0.1, -0.05) is 26.0 Å². The van der Waals surface area contributed by atoms with Gasteiger partial charge in [0.2, 0.25) is 0 Å². The molecule has 6 heteroatoms. The normalized spacial score (nSPS) is 15.5. The van der Waals surface area contributed by atoms with Crippen molar-refractivity contribution in [1.82, 2.24) is 10.2 Å². The molecule has 0 aliphatic carbocycles. The molecular formula is C23H37N3O3. The minimum atomic E-state index is -0.0603. The number of hydrogen-bond donors (Lipinski definition) is 1. The summed E-state index contributed by atoms with van der Waals surface area (Å²) in [5.74, 6) is 2.34. The minimum Gasteiger partial charge on any atom is -0.493 e. The van der Waals surface area contributed by atoms with Gasteiger partial charge in [-0.15, -0.1) is 0 Å². The maximum atomic E-state index is 11.9. The Morgan fingerprint density at radius 2 is 1.90 bits per heavy atom. The molecule has 2 rings (SSSR count). The second-order valence-electron chi connectivity index (χ2n) is 7.85. The first-order valence-corrected chi connectivity index (χ1v) is 10.9. The van der Waals surface area contributed by atoms with Crippen molar-refractivity contribution in [3.05, 3.63) is 29.8 Å². The second kappa shape index (κ2) is 12.3. The number of carbonyl (C=O) groups is 1. The third-order valence-corrected chi connectivity index (χ3v) is 4.92. The van der Waals surface area contributed by atoms with E-state index in [1.165, 1.54) is 5.56 Å². The predicted octanol–water partition coefficient (Wildman–Crippen LogP) is 3.50. The van der Waals surface area contributed by atoms with Crippen LogP contribution in [0.4, 0.5) is 0 Å². The lowest BCUT2D eigenvalue weighted by Gasteiger charge is -2.33. The van der Waals surface area contributed by atoms with Crippen LogP contribution in [0, 0.1) is 11.8 Å². The number of nitrogens with zero attached hydrogens (tertiary/aromatic N) is 2. The van der Waals surface area contributed by atoms with Crippen LogP contribution in [0.2, 0.25) is 0 Å². The minimum absolute atomic E-state index is 0.0190. The molecule has 1 heterocycles. The first-order chi connectivity index (χ1) is 14.0. The SMILES string of the molecule is CCNC(=NCCc1ccc(OCC(C)C)cc1)N1CCC(C(=O)OCC)CC1. The second-order valence-corrected chi connectivity index (χ2v) is 7.85. The standard InChI is InChI=1S/C23H37N3O3/c1-5-24-23(26-15-12-20(13-16-26)22(27)28-6-2)25-14-11-19-7-9-21(10-8-19)29-17-18(3)4/h7-10,18,20H,5-6,11-17H2,1-4H3,(H,24,25). The van der Waals surface area contributed by atoms with Crippen molar-refractivity contribution >= 4 is 11.9 Å². The summed E-state index contributed by atoms with van der Waals surface area (Å²) in [5, 5.41) is 3.38. The van der Waals surface area contributed by atoms with E-state index in [-0.39, 0.29) is 11.9 Å². The summed E-state index contributed by atoms with van der Waals surface area (Å²) in [5.41, 5.74) is 1.25. The van der Waals surface area contributed by atoms with Gasteiger partial charge in [-0.05, 0) is 56.7 Å². The van der Waals surface area contributed by atoms with E-state index < -0.39 is 0 Å². The Kier molecular flexibility index (Phi) is 9.81. The van der Waals surface area contributed by atoms with Crippen molar-refractivity contribution in [3.63, 3.8) is 0 Å². The zero-order valence-electron chi connectivity index (χ0n) is 18.4. The molecule has 29 heavy (non-hydrogen) atoms. The van der Waals surface area contributed by atoms with E-state index in [2.05, 4.69) is 43.1 Å². The number of carbonyl (C=O) groups excluding carboxylic acids is 1. The Balaban J connectivity index is 1.84. The molecular weight excluding hydrogens is 366 g/mol. The van der Waals surface area contributed by atoms with E-state index in [1.807, 2.05) is 19.1 Å². The number of aliphatic imine (C=N–C) groups is 1. The lowest BCUT2D eigenvalue weighted by Crippen LogP contribution is -2.46. The van der Waals surface area contributed by atoms with Crippen LogP contribution in [0.5, 0.6) is 5.75 Å². The van der Waals surface area contributed by atoms with Crippen molar-refractivity contribution in [2.75, 3.05) is 39.4 Å². The number of benzene rings is 1. The number of likely N-dealkylation sites (tertiary alicyclic amines) is 1. The maximum Gasteiger partial charge on any atom is 0.309 e. The molecule has 1 fully saturated rings. The molecule has 0 saturated carbocycles. The summed E-state index contributed by atoms with van der Waals surface area (Å²) in [6.07, 6.45) is 2.53. The van der Waals surface area contributed by atoms with E-state index in [9.17, 15) is 4.79 Å². The van der Waals surface area contributed by atoms with Crippen molar-refractivity contribution in [1.29, 1.82) is 0 Å². The average molecular weight is 404 g/mol. The largest absolute Gasteiger partial charge is 0.493 e. The van der Waals surface area contributed by atoms with E-state index in [0.29, 0.717) is 12.5 Å². The molecule has 1 aliphatic heterocycles. The van der Waals surface area contributed by atoms with Gasteiger partial charge in [-0.2, -0.15) is 0 Å². The highest BCUT2D eigenvalue weighted by atomic mass is 16.5. The number of esters is 1. The molecule has 1 aromatic rings. The van der Waals surface area contributed by atoms with Crippen LogP contribution in [-0.2, 0) is 16.0 Å². The molecule has 0 radical (unpaired) electrons. The highest BCUT2D eigenvalue weighted by molar-refractivity contribution is 5.80. The fourth-order valence-electron chi connectivity index (χ4n) is 3.32. The molecule has 0 aromatic heterocycles. The van der Waals surface area contributed by atoms with E-state index in [0.717, 1.165) is 63.8 Å². The summed E-state index contributed by atoms with van der Waals surface area (Å²) in [4.78, 5) is 19.0. The fraction of sp³-hybridized carbons (Fsp3) is 0.652. The predicted molar refractivity (Wildman–Crippen MR) is 117 cm³/mol. The molecule has 0 bridgehead atoms. The monoisotopic (exact) mass is 403 g/mol. The van der Waals surface area contributed by atoms with Crippen LogP contribution >= 0.6 is 0 Å². The van der Waals surface area contributed by atoms with Crippen LogP contribution in [0.25, 0.3) is 0 Å². The zero-order valence-corrected chi connectivity index (χ0v) is 18.4. The quantitative estimate of drug-likeness (QED) is 0.388. The number of hydrogen-bond acceptors (Lipinski definition) is 4. The van der Waals surface area contributed by atoms with Crippen LogP contribution in [0.3, 0.4) is 0 Å². The van der Waals surface area contributed by atoms with Crippen molar-refractivity contribution in [2.45, 2.75) is 47.0 Å². The smallest absolute Gasteiger partial charge is 0.309 e. The summed E-state index contributed by atoms with van der Waals surface area (Å²) in [6, 6.07) is 8.30. The molecule has 0 spiro atoms. The Morgan fingerprint density at radius 3 is 2.48 bits per heavy atom. The van der Waals surface area contributed by atoms with Crippen LogP contribution in [-0.4, -0.2) is 56.2 Å². The van der Waals surface area contributed by atoms with Crippen LogP contribution < -0.4 is 10.1 Å². The van der Waals surface area contributed by atoms with Crippen molar-refractivity contribution in [3.8, 4) is 5.75 Å². The van der Waals surface area contributed by atoms with Gasteiger partial charge >= 0.3 is 5.97 Å². The molecule has 0 amide bonds. The summed E-state index contributed by atoms with van der Waals surface area (Å²) in [7, 11) is 0. The van der Waals surface area contributed by atoms with Crippen LogP contribution in [0.15, 0.2) is 29.3 Å². The Hall–Kier alpha value is -2.24. The van der Waals surface area contributed by atoms with Crippen molar-refractivity contribution < 1.29 is 14.3 Å². The molecule has 1 N–H and O–H groups in total. The first kappa shape index (κ1) is 23.0. The lowest BCUT2D eigenvalue weighted by molar-refractivity contribution is -0.149. The van der Waals surface area contributed by atoms with E-state index in [4.69, 9.17) is 14.5 Å². The average Bonchev–Trinajstić information content (AvgIpc) is 2.73. The Morgan fingerprint density at radius 1 is 1.21 bits per heavy atom. The van der Waals surface area contributed by atoms with Gasteiger partial charge in [0.1, 0.15) is 5.75 Å². The maximum absolute atomic E-state index is 11.9. The summed E-state index contributed by atoms with van der Waals surface area (Å²) < 4.78 is 10.9. The number of rotatable bonds is 9. The topological polar surface area (TPSA) is 63.2 Å². The molecule has 162 valence electrons. The van der Waals surface area contributed by atoms with Gasteiger partial charge in [0.05, 0.1) is 19.1 Å². The van der Waals surface area contributed by atoms with E-state index >= 15 is 0 Å².